The number of hydrogen-bond acceptors (Lipinski definition) is 3. The smallest absolute Gasteiger partial charge is 0.408 e. The number of aryl methyl sites for hydroxylation is 6. The van der Waals surface area contributed by atoms with E-state index < -0.39 is 8.60 Å². The molecule has 0 heterocycles. The molecule has 156 valence electrons. The first-order valence-electron chi connectivity index (χ1n) is 9.37. The molecular formula is C24H27NiO3P. The molecule has 0 aromatic heterocycles. The van der Waals surface area contributed by atoms with E-state index in [2.05, 4.69) is 18.2 Å². The second kappa shape index (κ2) is 10.1. The Hall–Kier alpha value is -2.02. The standard InChI is InChI=1S/C24H27O3P.Ni/c1-16-7-10-19(4)22(13-16)25-28(26-23-14-17(2)8-11-20(23)5)27-24-15-18(3)9-12-21(24)6;/h7-15H,1-6H3;. The first-order valence-corrected chi connectivity index (χ1v) is 10.5. The van der Waals surface area contributed by atoms with E-state index in [4.69, 9.17) is 13.6 Å². The SMILES string of the molecule is Cc1ccc(C)c(OP(Oc2cc(C)ccc2C)Oc2cc(C)ccc2C)c1.[Ni]. The predicted molar refractivity (Wildman–Crippen MR) is 117 cm³/mol. The van der Waals surface area contributed by atoms with Gasteiger partial charge in [0.1, 0.15) is 17.2 Å². The van der Waals surface area contributed by atoms with Gasteiger partial charge in [-0.1, -0.05) is 36.4 Å². The third kappa shape index (κ3) is 6.23. The fraction of sp³-hybridized carbons (Fsp3) is 0.250. The first-order chi connectivity index (χ1) is 13.3. The largest absolute Gasteiger partial charge is 0.530 e. The first kappa shape index (κ1) is 23.3. The van der Waals surface area contributed by atoms with Gasteiger partial charge in [0.05, 0.1) is 0 Å². The fourth-order valence-corrected chi connectivity index (χ4v) is 3.90. The van der Waals surface area contributed by atoms with Crippen molar-refractivity contribution in [1.82, 2.24) is 0 Å². The monoisotopic (exact) mass is 452 g/mol. The van der Waals surface area contributed by atoms with Gasteiger partial charge in [-0.15, -0.1) is 0 Å². The summed E-state index contributed by atoms with van der Waals surface area (Å²) in [6, 6.07) is 18.4. The van der Waals surface area contributed by atoms with Gasteiger partial charge < -0.3 is 13.6 Å². The minimum absolute atomic E-state index is 0. The van der Waals surface area contributed by atoms with Gasteiger partial charge in [-0.2, -0.15) is 0 Å². The second-order valence-electron chi connectivity index (χ2n) is 7.30. The molecule has 3 aromatic carbocycles. The minimum Gasteiger partial charge on any atom is -0.408 e. The maximum atomic E-state index is 6.24. The second-order valence-corrected chi connectivity index (χ2v) is 8.30. The zero-order chi connectivity index (χ0) is 20.3. The summed E-state index contributed by atoms with van der Waals surface area (Å²) < 4.78 is 18.7. The van der Waals surface area contributed by atoms with Crippen molar-refractivity contribution in [2.24, 2.45) is 0 Å². The van der Waals surface area contributed by atoms with E-state index in [1.54, 1.807) is 0 Å². The van der Waals surface area contributed by atoms with Crippen LogP contribution in [-0.2, 0) is 16.5 Å². The fourth-order valence-electron chi connectivity index (χ4n) is 2.71. The molecule has 5 heteroatoms. The van der Waals surface area contributed by atoms with E-state index in [1.807, 2.05) is 77.9 Å². The van der Waals surface area contributed by atoms with Crippen LogP contribution in [0.2, 0.25) is 0 Å². The summed E-state index contributed by atoms with van der Waals surface area (Å²) in [6.07, 6.45) is 0. The Kier molecular flexibility index (Phi) is 8.14. The average molecular weight is 453 g/mol. The molecule has 29 heavy (non-hydrogen) atoms. The van der Waals surface area contributed by atoms with Gasteiger partial charge in [0.15, 0.2) is 0 Å². The number of hydrogen-bond donors (Lipinski definition) is 0. The number of benzene rings is 3. The van der Waals surface area contributed by atoms with E-state index in [9.17, 15) is 0 Å². The van der Waals surface area contributed by atoms with Crippen LogP contribution in [0.1, 0.15) is 33.4 Å². The van der Waals surface area contributed by atoms with E-state index in [1.165, 1.54) is 0 Å². The van der Waals surface area contributed by atoms with Crippen LogP contribution >= 0.6 is 8.60 Å². The maximum Gasteiger partial charge on any atom is 0.530 e. The normalized spacial score (nSPS) is 10.4. The molecule has 0 aliphatic rings. The van der Waals surface area contributed by atoms with Crippen LogP contribution in [0.25, 0.3) is 0 Å². The van der Waals surface area contributed by atoms with Crippen molar-refractivity contribution in [3.63, 3.8) is 0 Å². The van der Waals surface area contributed by atoms with Crippen molar-refractivity contribution < 1.29 is 30.1 Å². The maximum absolute atomic E-state index is 6.24. The van der Waals surface area contributed by atoms with Crippen molar-refractivity contribution in [3.05, 3.63) is 88.0 Å². The van der Waals surface area contributed by atoms with Crippen molar-refractivity contribution in [1.29, 1.82) is 0 Å². The van der Waals surface area contributed by atoms with Crippen LogP contribution in [-0.4, -0.2) is 0 Å². The third-order valence-corrected chi connectivity index (χ3v) is 5.59. The van der Waals surface area contributed by atoms with Gasteiger partial charge in [0.25, 0.3) is 0 Å². The van der Waals surface area contributed by atoms with Crippen LogP contribution in [0.15, 0.2) is 54.6 Å². The van der Waals surface area contributed by atoms with Crippen LogP contribution in [0.4, 0.5) is 0 Å². The molecule has 3 nitrogen and oxygen atoms in total. The molecule has 0 amide bonds. The Bertz CT molecular complexity index is 861. The summed E-state index contributed by atoms with van der Waals surface area (Å²) in [5, 5.41) is 0. The summed E-state index contributed by atoms with van der Waals surface area (Å²) in [7, 11) is -1.68. The zero-order valence-electron chi connectivity index (χ0n) is 17.7. The van der Waals surface area contributed by atoms with E-state index >= 15 is 0 Å². The average Bonchev–Trinajstić information content (AvgIpc) is 2.64. The molecule has 3 aromatic rings. The molecule has 0 saturated heterocycles. The third-order valence-electron chi connectivity index (χ3n) is 4.55. The molecule has 0 aliphatic carbocycles. The van der Waals surface area contributed by atoms with Crippen LogP contribution in [0, 0.1) is 41.5 Å². The molecule has 0 unspecified atom stereocenters. The number of rotatable bonds is 6. The molecule has 0 spiro atoms. The van der Waals surface area contributed by atoms with Gasteiger partial charge in [0.2, 0.25) is 0 Å². The minimum atomic E-state index is -1.68. The quantitative estimate of drug-likeness (QED) is 0.290. The molecule has 0 radical (unpaired) electrons. The molecule has 3 rings (SSSR count). The molecule has 0 saturated carbocycles. The van der Waals surface area contributed by atoms with E-state index in [0.717, 1.165) is 50.6 Å². The molecular weight excluding hydrogens is 426 g/mol. The summed E-state index contributed by atoms with van der Waals surface area (Å²) in [6.45, 7) is 12.2. The Morgan fingerprint density at radius 1 is 0.483 bits per heavy atom. The van der Waals surface area contributed by atoms with Crippen LogP contribution in [0.5, 0.6) is 17.2 Å². The Morgan fingerprint density at radius 2 is 0.759 bits per heavy atom. The van der Waals surface area contributed by atoms with Crippen molar-refractivity contribution in [3.8, 4) is 17.2 Å². The Balaban J connectivity index is 0.00000300. The van der Waals surface area contributed by atoms with Crippen molar-refractivity contribution in [2.45, 2.75) is 41.5 Å². The Morgan fingerprint density at radius 3 is 1.03 bits per heavy atom. The van der Waals surface area contributed by atoms with Gasteiger partial charge in [-0.3, -0.25) is 0 Å². The van der Waals surface area contributed by atoms with E-state index in [0.29, 0.717) is 0 Å². The molecule has 0 atom stereocenters. The van der Waals surface area contributed by atoms with Crippen molar-refractivity contribution >= 4 is 8.60 Å². The van der Waals surface area contributed by atoms with Crippen molar-refractivity contribution in [2.75, 3.05) is 0 Å². The van der Waals surface area contributed by atoms with Gasteiger partial charge in [-0.25, -0.2) is 0 Å². The topological polar surface area (TPSA) is 27.7 Å². The molecule has 0 N–H and O–H groups in total. The molecule has 0 aliphatic heterocycles. The van der Waals surface area contributed by atoms with Gasteiger partial charge in [-0.05, 0) is 93.1 Å². The van der Waals surface area contributed by atoms with Crippen LogP contribution < -0.4 is 13.6 Å². The molecule has 0 fully saturated rings. The van der Waals surface area contributed by atoms with E-state index in [-0.39, 0.29) is 16.5 Å². The van der Waals surface area contributed by atoms with Gasteiger partial charge >= 0.3 is 8.60 Å². The summed E-state index contributed by atoms with van der Waals surface area (Å²) in [4.78, 5) is 0. The molecule has 0 bridgehead atoms. The van der Waals surface area contributed by atoms with Crippen LogP contribution in [0.3, 0.4) is 0 Å². The summed E-state index contributed by atoms with van der Waals surface area (Å²) in [5.74, 6) is 2.34. The summed E-state index contributed by atoms with van der Waals surface area (Å²) >= 11 is 0. The predicted octanol–water partition coefficient (Wildman–Crippen LogP) is 7.30. The zero-order valence-corrected chi connectivity index (χ0v) is 19.6. The van der Waals surface area contributed by atoms with Gasteiger partial charge in [0, 0.05) is 16.5 Å². The Labute approximate surface area is 185 Å². The summed E-state index contributed by atoms with van der Waals surface area (Å²) in [5.41, 5.74) is 6.55.